The Balaban J connectivity index is 2.19. The molecule has 32 heavy (non-hydrogen) atoms. The number of rotatable bonds is 5. The lowest BCUT2D eigenvalue weighted by molar-refractivity contribution is -0.386. The first-order valence-electron chi connectivity index (χ1n) is 9.69. The van der Waals surface area contributed by atoms with Gasteiger partial charge in [0.05, 0.1) is 36.3 Å². The number of phenols is 1. The van der Waals surface area contributed by atoms with Crippen LogP contribution in [0.15, 0.2) is 34.2 Å². The van der Waals surface area contributed by atoms with Crippen molar-refractivity contribution >= 4 is 22.8 Å². The van der Waals surface area contributed by atoms with Crippen LogP contribution in [-0.2, 0) is 5.41 Å². The minimum atomic E-state index is -0.656. The van der Waals surface area contributed by atoms with E-state index in [4.69, 9.17) is 9.47 Å². The van der Waals surface area contributed by atoms with Gasteiger partial charge >= 0.3 is 5.69 Å². The van der Waals surface area contributed by atoms with Crippen LogP contribution in [0.5, 0.6) is 17.2 Å². The van der Waals surface area contributed by atoms with Crippen molar-refractivity contribution in [2.75, 3.05) is 14.2 Å². The average Bonchev–Trinajstić information content (AvgIpc) is 2.72. The first kappa shape index (κ1) is 22.7. The highest BCUT2D eigenvalue weighted by atomic mass is 16.6. The molecule has 0 atom stereocenters. The van der Waals surface area contributed by atoms with E-state index < -0.39 is 27.3 Å². The number of hydrogen-bond acceptors (Lipinski definition) is 8. The predicted molar refractivity (Wildman–Crippen MR) is 120 cm³/mol. The lowest BCUT2D eigenvalue weighted by Gasteiger charge is -2.19. The second-order valence-electron chi connectivity index (χ2n) is 8.19. The van der Waals surface area contributed by atoms with Crippen LogP contribution in [-0.4, -0.2) is 40.1 Å². The van der Waals surface area contributed by atoms with Gasteiger partial charge in [0.25, 0.3) is 5.56 Å². The van der Waals surface area contributed by atoms with Crippen LogP contribution in [0.4, 0.5) is 5.69 Å². The smallest absolute Gasteiger partial charge is 0.311 e. The van der Waals surface area contributed by atoms with E-state index in [1.54, 1.807) is 19.1 Å². The quantitative estimate of drug-likeness (QED) is 0.365. The van der Waals surface area contributed by atoms with E-state index in [1.807, 2.05) is 20.8 Å². The summed E-state index contributed by atoms with van der Waals surface area (Å²) in [5.74, 6) is 0.553. The summed E-state index contributed by atoms with van der Waals surface area (Å²) in [6, 6.07) is 6.05. The molecule has 0 unspecified atom stereocenters. The van der Waals surface area contributed by atoms with Crippen LogP contribution in [0.25, 0.3) is 10.9 Å². The fraction of sp³-hybridized carbons (Fsp3) is 0.318. The van der Waals surface area contributed by atoms with Crippen LogP contribution >= 0.6 is 0 Å². The molecule has 10 heteroatoms. The third-order valence-electron chi connectivity index (χ3n) is 5.01. The maximum absolute atomic E-state index is 13.1. The van der Waals surface area contributed by atoms with Crippen LogP contribution in [0.2, 0.25) is 0 Å². The second-order valence-corrected chi connectivity index (χ2v) is 8.19. The van der Waals surface area contributed by atoms with Crippen molar-refractivity contribution in [3.05, 3.63) is 61.7 Å². The lowest BCUT2D eigenvalue weighted by atomic mass is 9.85. The second kappa shape index (κ2) is 8.29. The molecule has 1 aromatic heterocycles. The summed E-state index contributed by atoms with van der Waals surface area (Å²) in [5, 5.41) is 26.2. The molecule has 0 aliphatic rings. The monoisotopic (exact) mass is 440 g/mol. The van der Waals surface area contributed by atoms with Crippen molar-refractivity contribution in [1.29, 1.82) is 0 Å². The van der Waals surface area contributed by atoms with Crippen molar-refractivity contribution in [2.24, 2.45) is 5.10 Å². The number of benzene rings is 2. The van der Waals surface area contributed by atoms with Gasteiger partial charge < -0.3 is 14.6 Å². The average molecular weight is 440 g/mol. The van der Waals surface area contributed by atoms with Crippen molar-refractivity contribution in [1.82, 2.24) is 9.66 Å². The molecule has 0 bridgehead atoms. The van der Waals surface area contributed by atoms with Gasteiger partial charge in [0.15, 0.2) is 11.5 Å². The number of nitro groups is 1. The molecular weight excluding hydrogens is 416 g/mol. The van der Waals surface area contributed by atoms with Gasteiger partial charge in [0.1, 0.15) is 5.82 Å². The third kappa shape index (κ3) is 4.11. The topological polar surface area (TPSA) is 129 Å². The number of phenolic OH excluding ortho intramolecular Hbond substituents is 1. The summed E-state index contributed by atoms with van der Waals surface area (Å²) in [7, 11) is 2.94. The van der Waals surface area contributed by atoms with Gasteiger partial charge in [-0.25, -0.2) is 4.98 Å². The minimum absolute atomic E-state index is 0.114. The molecule has 0 fully saturated rings. The molecule has 3 aromatic rings. The number of fused-ring (bicyclic) bond motifs is 1. The molecule has 0 aliphatic carbocycles. The zero-order chi connectivity index (χ0) is 23.8. The van der Waals surface area contributed by atoms with Crippen molar-refractivity contribution < 1.29 is 19.5 Å². The molecule has 0 radical (unpaired) electrons. The highest BCUT2D eigenvalue weighted by Crippen LogP contribution is 2.35. The SMILES string of the molecule is COc1cc2nc(C)n(N=Cc3cc(C(C)(C)C)cc([N+](=O)[O-])c3O)c(=O)c2cc1OC. The first-order chi connectivity index (χ1) is 15.0. The first-order valence-corrected chi connectivity index (χ1v) is 9.69. The number of aromatic nitrogens is 2. The van der Waals surface area contributed by atoms with Gasteiger partial charge in [-0.15, -0.1) is 0 Å². The molecule has 0 amide bonds. The lowest BCUT2D eigenvalue weighted by Crippen LogP contribution is -2.21. The van der Waals surface area contributed by atoms with E-state index in [-0.39, 0.29) is 16.8 Å². The van der Waals surface area contributed by atoms with Crippen molar-refractivity contribution in [3.63, 3.8) is 0 Å². The number of aromatic hydroxyl groups is 1. The van der Waals surface area contributed by atoms with Gasteiger partial charge in [-0.3, -0.25) is 14.9 Å². The summed E-state index contributed by atoms with van der Waals surface area (Å²) in [4.78, 5) is 28.2. The normalized spacial score (nSPS) is 11.8. The van der Waals surface area contributed by atoms with Gasteiger partial charge in [0.2, 0.25) is 5.75 Å². The van der Waals surface area contributed by atoms with Crippen LogP contribution in [0.3, 0.4) is 0 Å². The fourth-order valence-electron chi connectivity index (χ4n) is 3.18. The molecule has 0 spiro atoms. The highest BCUT2D eigenvalue weighted by Gasteiger charge is 2.24. The van der Waals surface area contributed by atoms with Crippen LogP contribution in [0, 0.1) is 17.0 Å². The molecule has 168 valence electrons. The molecule has 1 heterocycles. The zero-order valence-electron chi connectivity index (χ0n) is 18.7. The van der Waals surface area contributed by atoms with E-state index in [0.717, 1.165) is 4.68 Å². The molecule has 10 nitrogen and oxygen atoms in total. The summed E-state index contributed by atoms with van der Waals surface area (Å²) in [6.45, 7) is 7.29. The Morgan fingerprint density at radius 3 is 2.34 bits per heavy atom. The van der Waals surface area contributed by atoms with E-state index in [2.05, 4.69) is 10.1 Å². The van der Waals surface area contributed by atoms with E-state index in [0.29, 0.717) is 22.6 Å². The number of hydrogen-bond donors (Lipinski definition) is 1. The van der Waals surface area contributed by atoms with Gasteiger partial charge in [0, 0.05) is 17.7 Å². The number of nitro benzene ring substituents is 1. The Morgan fingerprint density at radius 1 is 1.16 bits per heavy atom. The zero-order valence-corrected chi connectivity index (χ0v) is 18.7. The Hall–Kier alpha value is -3.95. The minimum Gasteiger partial charge on any atom is -0.502 e. The number of aryl methyl sites for hydroxylation is 1. The van der Waals surface area contributed by atoms with Gasteiger partial charge in [-0.2, -0.15) is 9.78 Å². The number of nitrogens with zero attached hydrogens (tertiary/aromatic N) is 4. The Labute approximate surface area is 183 Å². The summed E-state index contributed by atoms with van der Waals surface area (Å²) < 4.78 is 11.6. The van der Waals surface area contributed by atoms with Crippen molar-refractivity contribution in [3.8, 4) is 17.2 Å². The molecule has 0 saturated carbocycles. The van der Waals surface area contributed by atoms with E-state index in [9.17, 15) is 20.0 Å². The van der Waals surface area contributed by atoms with E-state index in [1.165, 1.54) is 32.6 Å². The fourth-order valence-corrected chi connectivity index (χ4v) is 3.18. The molecule has 0 saturated heterocycles. The molecule has 2 aromatic carbocycles. The third-order valence-corrected chi connectivity index (χ3v) is 5.01. The predicted octanol–water partition coefficient (Wildman–Crippen LogP) is 3.52. The van der Waals surface area contributed by atoms with Crippen LogP contribution < -0.4 is 15.0 Å². The largest absolute Gasteiger partial charge is 0.502 e. The maximum atomic E-state index is 13.1. The van der Waals surface area contributed by atoms with Gasteiger partial charge in [-0.1, -0.05) is 20.8 Å². The number of methoxy groups -OCH3 is 2. The van der Waals surface area contributed by atoms with Gasteiger partial charge in [-0.05, 0) is 30.0 Å². The summed E-state index contributed by atoms with van der Waals surface area (Å²) in [6.07, 6.45) is 1.21. The molecule has 3 rings (SSSR count). The summed E-state index contributed by atoms with van der Waals surface area (Å²) >= 11 is 0. The standard InChI is InChI=1S/C22H24N4O6/c1-12-24-16-10-19(32-6)18(31-5)9-15(16)21(28)25(12)23-11-13-7-14(22(2,3)4)8-17(20(13)27)26(29)30/h7-11,27H,1-6H3. The highest BCUT2D eigenvalue weighted by molar-refractivity contribution is 5.86. The molecular formula is C22H24N4O6. The van der Waals surface area contributed by atoms with Crippen molar-refractivity contribution in [2.45, 2.75) is 33.1 Å². The molecule has 0 aliphatic heterocycles. The summed E-state index contributed by atoms with van der Waals surface area (Å²) in [5.41, 5.74) is -0.149. The van der Waals surface area contributed by atoms with E-state index >= 15 is 0 Å². The number of ether oxygens (including phenoxy) is 2. The Kier molecular flexibility index (Phi) is 5.89. The maximum Gasteiger partial charge on any atom is 0.311 e. The van der Waals surface area contributed by atoms with Crippen LogP contribution in [0.1, 0.15) is 37.7 Å². The molecule has 1 N–H and O–H groups in total. The Morgan fingerprint density at radius 2 is 1.78 bits per heavy atom. The Bertz CT molecular complexity index is 1300.